The van der Waals surface area contributed by atoms with Gasteiger partial charge in [0.05, 0.1) is 15.6 Å². The summed E-state index contributed by atoms with van der Waals surface area (Å²) in [7, 11) is 0. The van der Waals surface area contributed by atoms with Crippen LogP contribution < -0.4 is 10.2 Å². The molecule has 0 radical (unpaired) electrons. The number of halogens is 2. The van der Waals surface area contributed by atoms with Crippen LogP contribution in [0.25, 0.3) is 0 Å². The summed E-state index contributed by atoms with van der Waals surface area (Å²) >= 11 is 13.4. The molecule has 1 aliphatic rings. The van der Waals surface area contributed by atoms with Gasteiger partial charge in [-0.05, 0) is 36.2 Å². The molecule has 30 heavy (non-hydrogen) atoms. The Hall–Kier alpha value is -2.48. The maximum absolute atomic E-state index is 12.5. The molecular weight excluding hydrogens is 443 g/mol. The fourth-order valence-electron chi connectivity index (χ4n) is 3.36. The smallest absolute Gasteiger partial charge is 0.260 e. The molecule has 2 heterocycles. The molecule has 1 aromatic heterocycles. The molecule has 154 valence electrons. The van der Waals surface area contributed by atoms with Crippen LogP contribution in [0, 0.1) is 0 Å². The van der Waals surface area contributed by atoms with E-state index in [1.165, 1.54) is 16.9 Å². The second-order valence-electron chi connectivity index (χ2n) is 6.92. The Bertz CT molecular complexity index is 1080. The molecule has 9 heteroatoms. The monoisotopic (exact) mass is 460 g/mol. The van der Waals surface area contributed by atoms with Gasteiger partial charge < -0.3 is 4.90 Å². The van der Waals surface area contributed by atoms with Crippen LogP contribution in [0.2, 0.25) is 10.0 Å². The second kappa shape index (κ2) is 8.71. The Morgan fingerprint density at radius 3 is 2.53 bits per heavy atom. The van der Waals surface area contributed by atoms with Crippen molar-refractivity contribution in [1.82, 2.24) is 10.2 Å². The summed E-state index contributed by atoms with van der Waals surface area (Å²) in [6.45, 7) is 2.63. The highest BCUT2D eigenvalue weighted by Gasteiger charge is 2.34. The van der Waals surface area contributed by atoms with Crippen molar-refractivity contribution in [2.45, 2.75) is 25.7 Å². The van der Waals surface area contributed by atoms with Crippen molar-refractivity contribution >= 4 is 57.2 Å². The van der Waals surface area contributed by atoms with Crippen molar-refractivity contribution in [2.75, 3.05) is 16.8 Å². The van der Waals surface area contributed by atoms with E-state index in [1.807, 2.05) is 24.3 Å². The molecule has 6 nitrogen and oxygen atoms in total. The van der Waals surface area contributed by atoms with Gasteiger partial charge in [-0.2, -0.15) is 0 Å². The summed E-state index contributed by atoms with van der Waals surface area (Å²) in [4.78, 5) is 26.8. The Morgan fingerprint density at radius 2 is 1.87 bits per heavy atom. The van der Waals surface area contributed by atoms with E-state index in [0.717, 1.165) is 12.1 Å². The van der Waals surface area contributed by atoms with E-state index in [0.29, 0.717) is 23.1 Å². The molecule has 1 saturated heterocycles. The number of amides is 2. The van der Waals surface area contributed by atoms with Crippen molar-refractivity contribution in [3.05, 3.63) is 68.6 Å². The molecule has 1 fully saturated rings. The van der Waals surface area contributed by atoms with Crippen LogP contribution in [0.15, 0.2) is 42.5 Å². The van der Waals surface area contributed by atoms with Crippen molar-refractivity contribution in [2.24, 2.45) is 0 Å². The van der Waals surface area contributed by atoms with Gasteiger partial charge >= 0.3 is 0 Å². The summed E-state index contributed by atoms with van der Waals surface area (Å²) in [5.74, 6) is -0.475. The number of nitrogens with zero attached hydrogens (tertiary/aromatic N) is 3. The minimum Gasteiger partial charge on any atom is -0.312 e. The van der Waals surface area contributed by atoms with E-state index < -0.39 is 5.91 Å². The fourth-order valence-corrected chi connectivity index (χ4v) is 4.76. The SMILES string of the molecule is CCc1ccc(N2CC(c3nnc(NC(=O)c4c(Cl)cccc4Cl)s3)CC2=O)cc1. The summed E-state index contributed by atoms with van der Waals surface area (Å²) < 4.78 is 0. The predicted octanol–water partition coefficient (Wildman–Crippen LogP) is 5.18. The van der Waals surface area contributed by atoms with Gasteiger partial charge in [0.25, 0.3) is 5.91 Å². The molecule has 0 saturated carbocycles. The van der Waals surface area contributed by atoms with Gasteiger partial charge in [0.1, 0.15) is 5.01 Å². The van der Waals surface area contributed by atoms with Gasteiger partial charge in [-0.25, -0.2) is 0 Å². The van der Waals surface area contributed by atoms with E-state index >= 15 is 0 Å². The van der Waals surface area contributed by atoms with Gasteiger partial charge in [-0.3, -0.25) is 14.9 Å². The number of carbonyl (C=O) groups is 2. The third kappa shape index (κ3) is 4.19. The minimum atomic E-state index is -0.451. The fraction of sp³-hybridized carbons (Fsp3) is 0.238. The Morgan fingerprint density at radius 1 is 1.17 bits per heavy atom. The molecule has 1 atom stereocenters. The lowest BCUT2D eigenvalue weighted by atomic mass is 10.1. The van der Waals surface area contributed by atoms with Gasteiger partial charge in [0.15, 0.2) is 0 Å². The number of nitrogens with one attached hydrogen (secondary N) is 1. The van der Waals surface area contributed by atoms with E-state index in [2.05, 4.69) is 22.4 Å². The molecule has 3 aromatic rings. The summed E-state index contributed by atoms with van der Waals surface area (Å²) in [6.07, 6.45) is 1.31. The summed E-state index contributed by atoms with van der Waals surface area (Å²) in [5, 5.41) is 12.5. The van der Waals surface area contributed by atoms with E-state index in [4.69, 9.17) is 23.2 Å². The molecule has 0 aliphatic carbocycles. The molecular formula is C21H18Cl2N4O2S. The lowest BCUT2D eigenvalue weighted by molar-refractivity contribution is -0.117. The normalized spacial score (nSPS) is 16.2. The van der Waals surface area contributed by atoms with E-state index in [1.54, 1.807) is 23.1 Å². The van der Waals surface area contributed by atoms with Gasteiger partial charge in [0.2, 0.25) is 11.0 Å². The maximum atomic E-state index is 12.5. The Kier molecular flexibility index (Phi) is 6.04. The van der Waals surface area contributed by atoms with Crippen LogP contribution >= 0.6 is 34.5 Å². The van der Waals surface area contributed by atoms with E-state index in [9.17, 15) is 9.59 Å². The molecule has 4 rings (SSSR count). The average Bonchev–Trinajstić information content (AvgIpc) is 3.34. The van der Waals surface area contributed by atoms with Crippen LogP contribution in [-0.2, 0) is 11.2 Å². The summed E-state index contributed by atoms with van der Waals surface area (Å²) in [5.41, 5.74) is 2.30. The predicted molar refractivity (Wildman–Crippen MR) is 120 cm³/mol. The quantitative estimate of drug-likeness (QED) is 0.568. The number of aryl methyl sites for hydroxylation is 1. The first kappa shape index (κ1) is 20.8. The number of rotatable bonds is 5. The van der Waals surface area contributed by atoms with Crippen LogP contribution in [0.4, 0.5) is 10.8 Å². The zero-order chi connectivity index (χ0) is 21.3. The third-order valence-corrected chi connectivity index (χ3v) is 6.61. The topological polar surface area (TPSA) is 75.2 Å². The van der Waals surface area contributed by atoms with Crippen molar-refractivity contribution in [3.63, 3.8) is 0 Å². The maximum Gasteiger partial charge on any atom is 0.260 e. The molecule has 0 bridgehead atoms. The lowest BCUT2D eigenvalue weighted by Crippen LogP contribution is -2.24. The van der Waals surface area contributed by atoms with Gasteiger partial charge in [0, 0.05) is 24.6 Å². The first-order valence-electron chi connectivity index (χ1n) is 9.44. The van der Waals surface area contributed by atoms with E-state index in [-0.39, 0.29) is 27.4 Å². The Labute approximate surface area is 187 Å². The van der Waals surface area contributed by atoms with Crippen molar-refractivity contribution in [3.8, 4) is 0 Å². The molecule has 1 unspecified atom stereocenters. The second-order valence-corrected chi connectivity index (χ2v) is 8.75. The third-order valence-electron chi connectivity index (χ3n) is 4.98. The average molecular weight is 461 g/mol. The molecule has 0 spiro atoms. The number of aromatic nitrogens is 2. The summed E-state index contributed by atoms with van der Waals surface area (Å²) in [6, 6.07) is 12.9. The van der Waals surface area contributed by atoms with Gasteiger partial charge in [-0.15, -0.1) is 10.2 Å². The van der Waals surface area contributed by atoms with Gasteiger partial charge in [-0.1, -0.05) is 59.7 Å². The molecule has 2 aromatic carbocycles. The molecule has 2 amide bonds. The zero-order valence-corrected chi connectivity index (χ0v) is 18.4. The number of carbonyl (C=O) groups excluding carboxylic acids is 2. The largest absolute Gasteiger partial charge is 0.312 e. The molecule has 1 aliphatic heterocycles. The Balaban J connectivity index is 1.46. The number of benzene rings is 2. The lowest BCUT2D eigenvalue weighted by Gasteiger charge is -2.16. The van der Waals surface area contributed by atoms with Crippen molar-refractivity contribution < 1.29 is 9.59 Å². The van der Waals surface area contributed by atoms with Crippen LogP contribution in [0.5, 0.6) is 0 Å². The molecule has 1 N–H and O–H groups in total. The number of anilines is 2. The number of hydrogen-bond donors (Lipinski definition) is 1. The minimum absolute atomic E-state index is 0.0490. The van der Waals surface area contributed by atoms with Crippen LogP contribution in [0.1, 0.15) is 40.2 Å². The zero-order valence-electron chi connectivity index (χ0n) is 16.1. The first-order valence-corrected chi connectivity index (χ1v) is 11.0. The number of hydrogen-bond acceptors (Lipinski definition) is 5. The first-order chi connectivity index (χ1) is 14.5. The highest BCUT2D eigenvalue weighted by molar-refractivity contribution is 7.15. The van der Waals surface area contributed by atoms with Crippen LogP contribution in [0.3, 0.4) is 0 Å². The van der Waals surface area contributed by atoms with Crippen LogP contribution in [-0.4, -0.2) is 28.6 Å². The standard InChI is InChI=1S/C21H18Cl2N4O2S/c1-2-12-6-8-14(9-7-12)27-11-13(10-17(27)28)20-25-26-21(30-20)24-19(29)18-15(22)4-3-5-16(18)23/h3-9,13H,2,10-11H2,1H3,(H,24,26,29). The van der Waals surface area contributed by atoms with Crippen molar-refractivity contribution in [1.29, 1.82) is 0 Å². The highest BCUT2D eigenvalue weighted by Crippen LogP contribution is 2.35. The highest BCUT2D eigenvalue weighted by atomic mass is 35.5.